The minimum atomic E-state index is 0.201. The molecule has 4 nitrogen and oxygen atoms in total. The Bertz CT molecular complexity index is 247. The summed E-state index contributed by atoms with van der Waals surface area (Å²) in [5.74, 6) is 0. The number of nitrogens with two attached hydrogens (primary N) is 1. The maximum Gasteiger partial charge on any atom is 0.0823 e. The monoisotopic (exact) mass is 255 g/mol. The highest BCUT2D eigenvalue weighted by Gasteiger charge is 2.33. The predicted molar refractivity (Wildman–Crippen MR) is 74.7 cm³/mol. The quantitative estimate of drug-likeness (QED) is 0.793. The van der Waals surface area contributed by atoms with Gasteiger partial charge in [-0.25, -0.2) is 0 Å². The van der Waals surface area contributed by atoms with Crippen LogP contribution >= 0.6 is 0 Å². The summed E-state index contributed by atoms with van der Waals surface area (Å²) >= 11 is 0. The highest BCUT2D eigenvalue weighted by Crippen LogP contribution is 2.24. The van der Waals surface area contributed by atoms with Gasteiger partial charge >= 0.3 is 0 Å². The molecule has 18 heavy (non-hydrogen) atoms. The van der Waals surface area contributed by atoms with Crippen LogP contribution in [0, 0.1) is 0 Å². The first-order valence-corrected chi connectivity index (χ1v) is 7.54. The van der Waals surface area contributed by atoms with Crippen molar-refractivity contribution < 1.29 is 4.74 Å². The van der Waals surface area contributed by atoms with Gasteiger partial charge in [0.2, 0.25) is 0 Å². The Labute approximate surface area is 111 Å². The second-order valence-corrected chi connectivity index (χ2v) is 5.76. The molecular formula is C14H29N3O. The van der Waals surface area contributed by atoms with Gasteiger partial charge in [0, 0.05) is 44.9 Å². The number of fused-ring (bicyclic) bond motifs is 1. The molecule has 2 aliphatic heterocycles. The third-order valence-electron chi connectivity index (χ3n) is 4.42. The van der Waals surface area contributed by atoms with Crippen LogP contribution in [0.25, 0.3) is 0 Å². The van der Waals surface area contributed by atoms with E-state index in [1.165, 1.54) is 38.9 Å². The zero-order chi connectivity index (χ0) is 13.0. The molecular weight excluding hydrogens is 226 g/mol. The molecule has 0 bridgehead atoms. The summed E-state index contributed by atoms with van der Waals surface area (Å²) in [5.41, 5.74) is 5.79. The van der Waals surface area contributed by atoms with Gasteiger partial charge in [0.05, 0.1) is 6.10 Å². The van der Waals surface area contributed by atoms with Gasteiger partial charge in [-0.3, -0.25) is 9.80 Å². The summed E-state index contributed by atoms with van der Waals surface area (Å²) in [4.78, 5) is 5.27. The van der Waals surface area contributed by atoms with E-state index in [9.17, 15) is 0 Å². The van der Waals surface area contributed by atoms with Gasteiger partial charge in [-0.1, -0.05) is 6.42 Å². The van der Waals surface area contributed by atoms with Crippen molar-refractivity contribution in [3.05, 3.63) is 0 Å². The van der Waals surface area contributed by atoms with E-state index < -0.39 is 0 Å². The third kappa shape index (κ3) is 3.44. The molecule has 2 heterocycles. The van der Waals surface area contributed by atoms with E-state index >= 15 is 0 Å². The first-order chi connectivity index (χ1) is 8.74. The number of piperidine rings is 1. The van der Waals surface area contributed by atoms with Gasteiger partial charge in [-0.15, -0.1) is 0 Å². The topological polar surface area (TPSA) is 41.7 Å². The van der Waals surface area contributed by atoms with Crippen LogP contribution in [-0.2, 0) is 4.74 Å². The second kappa shape index (κ2) is 6.85. The van der Waals surface area contributed by atoms with Gasteiger partial charge in [0.1, 0.15) is 0 Å². The molecule has 3 atom stereocenters. The smallest absolute Gasteiger partial charge is 0.0823 e. The lowest BCUT2D eigenvalue weighted by Gasteiger charge is -2.48. The summed E-state index contributed by atoms with van der Waals surface area (Å²) in [6.45, 7) is 10.5. The fourth-order valence-electron chi connectivity index (χ4n) is 3.36. The van der Waals surface area contributed by atoms with Gasteiger partial charge in [-0.2, -0.15) is 0 Å². The van der Waals surface area contributed by atoms with E-state index in [1.807, 2.05) is 6.92 Å². The summed E-state index contributed by atoms with van der Waals surface area (Å²) in [7, 11) is 0. The van der Waals surface area contributed by atoms with Crippen molar-refractivity contribution in [1.82, 2.24) is 9.80 Å². The molecule has 0 aromatic heterocycles. The molecule has 2 aliphatic rings. The largest absolute Gasteiger partial charge is 0.376 e. The zero-order valence-corrected chi connectivity index (χ0v) is 12.0. The molecule has 0 amide bonds. The van der Waals surface area contributed by atoms with E-state index in [0.717, 1.165) is 19.2 Å². The highest BCUT2D eigenvalue weighted by molar-refractivity contribution is 4.90. The summed E-state index contributed by atoms with van der Waals surface area (Å²) < 4.78 is 5.70. The molecule has 0 aromatic carbocycles. The van der Waals surface area contributed by atoms with Crippen molar-refractivity contribution in [1.29, 1.82) is 0 Å². The van der Waals surface area contributed by atoms with Gasteiger partial charge in [0.15, 0.2) is 0 Å². The fourth-order valence-corrected chi connectivity index (χ4v) is 3.36. The normalized spacial score (nSPS) is 32.2. The molecule has 2 fully saturated rings. The van der Waals surface area contributed by atoms with Crippen LogP contribution in [0.5, 0.6) is 0 Å². The summed E-state index contributed by atoms with van der Waals surface area (Å²) in [6, 6.07) is 1.41. The Morgan fingerprint density at radius 1 is 1.33 bits per heavy atom. The van der Waals surface area contributed by atoms with Crippen molar-refractivity contribution in [3.8, 4) is 0 Å². The van der Waals surface area contributed by atoms with E-state index in [1.54, 1.807) is 0 Å². The lowest BCUT2D eigenvalue weighted by atomic mass is 9.97. The van der Waals surface area contributed by atoms with Gasteiger partial charge < -0.3 is 10.5 Å². The van der Waals surface area contributed by atoms with E-state index in [4.69, 9.17) is 10.5 Å². The Balaban J connectivity index is 1.88. The number of hydrogen-bond donors (Lipinski definition) is 1. The third-order valence-corrected chi connectivity index (χ3v) is 4.42. The maximum atomic E-state index is 5.79. The Kier molecular flexibility index (Phi) is 5.42. The van der Waals surface area contributed by atoms with E-state index in [0.29, 0.717) is 12.6 Å². The first-order valence-electron chi connectivity index (χ1n) is 7.54. The van der Waals surface area contributed by atoms with Gasteiger partial charge in [-0.05, 0) is 33.2 Å². The minimum absolute atomic E-state index is 0.201. The van der Waals surface area contributed by atoms with Gasteiger partial charge in [0.25, 0.3) is 0 Å². The number of hydrogen-bond acceptors (Lipinski definition) is 4. The van der Waals surface area contributed by atoms with E-state index in [-0.39, 0.29) is 6.10 Å². The molecule has 2 N–H and O–H groups in total. The Hall–Kier alpha value is -0.160. The molecule has 0 spiro atoms. The van der Waals surface area contributed by atoms with Crippen LogP contribution in [0.2, 0.25) is 0 Å². The van der Waals surface area contributed by atoms with Crippen LogP contribution in [0.1, 0.15) is 33.1 Å². The summed E-state index contributed by atoms with van der Waals surface area (Å²) in [5, 5.41) is 0. The van der Waals surface area contributed by atoms with Crippen LogP contribution < -0.4 is 5.73 Å². The molecule has 106 valence electrons. The van der Waals surface area contributed by atoms with Crippen LogP contribution in [0.15, 0.2) is 0 Å². The Morgan fingerprint density at radius 2 is 2.17 bits per heavy atom. The predicted octanol–water partition coefficient (Wildman–Crippen LogP) is 0.909. The molecule has 3 unspecified atom stereocenters. The highest BCUT2D eigenvalue weighted by atomic mass is 16.5. The van der Waals surface area contributed by atoms with E-state index in [2.05, 4.69) is 16.7 Å². The maximum absolute atomic E-state index is 5.79. The SMILES string of the molecule is CCOC(CN)CN1CC2CCCCN2CC1C. The second-order valence-electron chi connectivity index (χ2n) is 5.76. The van der Waals surface area contributed by atoms with Crippen molar-refractivity contribution >= 4 is 0 Å². The number of ether oxygens (including phenoxy) is 1. The number of nitrogens with zero attached hydrogens (tertiary/aromatic N) is 2. The molecule has 0 radical (unpaired) electrons. The first kappa shape index (κ1) is 14.3. The van der Waals surface area contributed by atoms with Crippen molar-refractivity contribution in [3.63, 3.8) is 0 Å². The number of piperazine rings is 1. The minimum Gasteiger partial charge on any atom is -0.376 e. The molecule has 0 aromatic rings. The van der Waals surface area contributed by atoms with Crippen molar-refractivity contribution in [2.75, 3.05) is 39.3 Å². The number of rotatable bonds is 5. The lowest BCUT2D eigenvalue weighted by Crippen LogP contribution is -2.60. The molecule has 0 aliphatic carbocycles. The molecule has 2 rings (SSSR count). The molecule has 2 saturated heterocycles. The van der Waals surface area contributed by atoms with Crippen LogP contribution in [0.4, 0.5) is 0 Å². The molecule has 4 heteroatoms. The molecule has 0 saturated carbocycles. The zero-order valence-electron chi connectivity index (χ0n) is 12.0. The standard InChI is InChI=1S/C14H29N3O/c1-3-18-14(8-15)11-17-10-13-6-4-5-7-16(13)9-12(17)2/h12-14H,3-11,15H2,1-2H3. The average molecular weight is 255 g/mol. The van der Waals surface area contributed by atoms with Crippen molar-refractivity contribution in [2.45, 2.75) is 51.3 Å². The van der Waals surface area contributed by atoms with Crippen molar-refractivity contribution in [2.24, 2.45) is 5.73 Å². The lowest BCUT2D eigenvalue weighted by molar-refractivity contribution is -0.0233. The summed E-state index contributed by atoms with van der Waals surface area (Å²) in [6.07, 6.45) is 4.35. The average Bonchev–Trinajstić information content (AvgIpc) is 2.39. The Morgan fingerprint density at radius 3 is 2.89 bits per heavy atom. The fraction of sp³-hybridized carbons (Fsp3) is 1.00. The van der Waals surface area contributed by atoms with Crippen LogP contribution in [-0.4, -0.2) is 67.3 Å². The van der Waals surface area contributed by atoms with Crippen LogP contribution in [0.3, 0.4) is 0 Å².